The first kappa shape index (κ1) is 9.66. The van der Waals surface area contributed by atoms with Gasteiger partial charge in [0.15, 0.2) is 5.82 Å². The van der Waals surface area contributed by atoms with Crippen LogP contribution in [0.1, 0.15) is 24.6 Å². The third-order valence-corrected chi connectivity index (χ3v) is 2.88. The van der Waals surface area contributed by atoms with Gasteiger partial charge in [-0.05, 0) is 31.0 Å². The lowest BCUT2D eigenvalue weighted by atomic mass is 10.2. The van der Waals surface area contributed by atoms with E-state index < -0.39 is 0 Å². The number of aromatic nitrogens is 2. The van der Waals surface area contributed by atoms with Gasteiger partial charge < -0.3 is 9.63 Å². The van der Waals surface area contributed by atoms with Gasteiger partial charge >= 0.3 is 0 Å². The maximum absolute atomic E-state index is 9.30. The van der Waals surface area contributed by atoms with Gasteiger partial charge in [-0.15, -0.1) is 0 Å². The van der Waals surface area contributed by atoms with Crippen molar-refractivity contribution in [2.45, 2.75) is 18.8 Å². The quantitative estimate of drug-likeness (QED) is 0.871. The summed E-state index contributed by atoms with van der Waals surface area (Å²) in [7, 11) is 0. The zero-order chi connectivity index (χ0) is 11.1. The van der Waals surface area contributed by atoms with Crippen molar-refractivity contribution in [1.29, 1.82) is 0 Å². The number of aromatic hydroxyl groups is 1. The highest BCUT2D eigenvalue weighted by molar-refractivity contribution is 6.32. The average molecular weight is 237 g/mol. The van der Waals surface area contributed by atoms with Gasteiger partial charge in [0.25, 0.3) is 5.89 Å². The smallest absolute Gasteiger partial charge is 0.257 e. The number of hydrogen-bond donors (Lipinski definition) is 1. The summed E-state index contributed by atoms with van der Waals surface area (Å²) >= 11 is 5.81. The molecule has 1 N–H and O–H groups in total. The molecule has 0 radical (unpaired) electrons. The minimum atomic E-state index is 0.0485. The van der Waals surface area contributed by atoms with Crippen molar-refractivity contribution in [2.24, 2.45) is 0 Å². The Morgan fingerprint density at radius 2 is 2.19 bits per heavy atom. The third-order valence-electron chi connectivity index (χ3n) is 2.58. The van der Waals surface area contributed by atoms with Gasteiger partial charge in [-0.25, -0.2) is 0 Å². The Balaban J connectivity index is 1.97. The van der Waals surface area contributed by atoms with E-state index in [2.05, 4.69) is 10.1 Å². The fraction of sp³-hybridized carbons (Fsp3) is 0.273. The molecular formula is C11H9ClN2O2. The molecule has 0 amide bonds. The highest BCUT2D eigenvalue weighted by atomic mass is 35.5. The van der Waals surface area contributed by atoms with Gasteiger partial charge in [0.05, 0.1) is 5.02 Å². The molecule has 0 unspecified atom stereocenters. The molecule has 1 heterocycles. The summed E-state index contributed by atoms with van der Waals surface area (Å²) in [5.41, 5.74) is 0.724. The molecule has 1 saturated carbocycles. The Hall–Kier alpha value is -1.55. The molecule has 1 aromatic carbocycles. The van der Waals surface area contributed by atoms with Crippen molar-refractivity contribution in [3.63, 3.8) is 0 Å². The van der Waals surface area contributed by atoms with Crippen molar-refractivity contribution in [3.05, 3.63) is 29.0 Å². The van der Waals surface area contributed by atoms with Gasteiger partial charge in [-0.1, -0.05) is 16.8 Å². The van der Waals surface area contributed by atoms with Crippen molar-refractivity contribution < 1.29 is 9.63 Å². The van der Waals surface area contributed by atoms with Gasteiger partial charge in [-0.3, -0.25) is 0 Å². The van der Waals surface area contributed by atoms with E-state index in [1.165, 1.54) is 6.07 Å². The number of rotatable bonds is 2. The zero-order valence-electron chi connectivity index (χ0n) is 8.35. The van der Waals surface area contributed by atoms with Crippen LogP contribution in [0.15, 0.2) is 22.7 Å². The van der Waals surface area contributed by atoms with Crippen LogP contribution in [0.3, 0.4) is 0 Å². The zero-order valence-corrected chi connectivity index (χ0v) is 9.11. The van der Waals surface area contributed by atoms with Crippen molar-refractivity contribution in [2.75, 3.05) is 0 Å². The molecule has 1 aromatic heterocycles. The minimum Gasteiger partial charge on any atom is -0.506 e. The summed E-state index contributed by atoms with van der Waals surface area (Å²) in [6.45, 7) is 0. The van der Waals surface area contributed by atoms with Crippen molar-refractivity contribution in [1.82, 2.24) is 10.1 Å². The normalized spacial score (nSPS) is 15.3. The first-order valence-electron chi connectivity index (χ1n) is 5.06. The molecule has 3 rings (SSSR count). The molecule has 5 heteroatoms. The summed E-state index contributed by atoms with van der Waals surface area (Å²) in [6, 6.07) is 4.82. The van der Waals surface area contributed by atoms with Crippen molar-refractivity contribution >= 4 is 11.6 Å². The molecule has 16 heavy (non-hydrogen) atoms. The van der Waals surface area contributed by atoms with Crippen LogP contribution < -0.4 is 0 Å². The first-order chi connectivity index (χ1) is 7.74. The molecule has 4 nitrogen and oxygen atoms in total. The fourth-order valence-corrected chi connectivity index (χ4v) is 1.68. The van der Waals surface area contributed by atoms with E-state index in [0.29, 0.717) is 11.8 Å². The fourth-order valence-electron chi connectivity index (χ4n) is 1.50. The number of phenols is 1. The third kappa shape index (κ3) is 1.65. The second kappa shape index (κ2) is 3.49. The molecule has 0 saturated heterocycles. The maximum atomic E-state index is 9.30. The first-order valence-corrected chi connectivity index (χ1v) is 5.44. The standard InChI is InChI=1S/C11H9ClN2O2/c12-8-5-7(3-4-9(8)15)11-13-10(14-16-11)6-1-2-6/h3-6,15H,1-2H2. The van der Waals surface area contributed by atoms with E-state index in [1.807, 2.05) is 0 Å². The van der Waals surface area contributed by atoms with Crippen LogP contribution >= 0.6 is 11.6 Å². The summed E-state index contributed by atoms with van der Waals surface area (Å²) in [6.07, 6.45) is 2.27. The van der Waals surface area contributed by atoms with Crippen LogP contribution in [-0.2, 0) is 0 Å². The van der Waals surface area contributed by atoms with Gasteiger partial charge in [0.1, 0.15) is 5.75 Å². The van der Waals surface area contributed by atoms with Crippen LogP contribution in [0.5, 0.6) is 5.75 Å². The number of halogens is 1. The Bertz CT molecular complexity index is 535. The molecule has 0 aliphatic heterocycles. The van der Waals surface area contributed by atoms with Crippen LogP contribution in [0.2, 0.25) is 5.02 Å². The minimum absolute atomic E-state index is 0.0485. The SMILES string of the molecule is Oc1ccc(-c2nc(C3CC3)no2)cc1Cl. The van der Waals surface area contributed by atoms with Crippen LogP contribution in [0.25, 0.3) is 11.5 Å². The second-order valence-corrected chi connectivity index (χ2v) is 4.31. The Labute approximate surface area is 96.9 Å². The maximum Gasteiger partial charge on any atom is 0.257 e. The lowest BCUT2D eigenvalue weighted by molar-refractivity contribution is 0.422. The lowest BCUT2D eigenvalue weighted by Crippen LogP contribution is -1.82. The van der Waals surface area contributed by atoms with Gasteiger partial charge in [0.2, 0.25) is 0 Å². The number of hydrogen-bond acceptors (Lipinski definition) is 4. The van der Waals surface area contributed by atoms with Gasteiger partial charge in [-0.2, -0.15) is 4.98 Å². The van der Waals surface area contributed by atoms with Crippen LogP contribution in [0, 0.1) is 0 Å². The summed E-state index contributed by atoms with van der Waals surface area (Å²) in [4.78, 5) is 4.30. The van der Waals surface area contributed by atoms with E-state index in [0.717, 1.165) is 24.2 Å². The molecule has 1 aliphatic rings. The van der Waals surface area contributed by atoms with E-state index in [-0.39, 0.29) is 10.8 Å². The van der Waals surface area contributed by atoms with Crippen molar-refractivity contribution in [3.8, 4) is 17.2 Å². The predicted octanol–water partition coefficient (Wildman–Crippen LogP) is 2.97. The molecule has 82 valence electrons. The molecule has 1 fully saturated rings. The predicted molar refractivity (Wildman–Crippen MR) is 58.4 cm³/mol. The van der Waals surface area contributed by atoms with Gasteiger partial charge in [0, 0.05) is 11.5 Å². The summed E-state index contributed by atoms with van der Waals surface area (Å²) < 4.78 is 5.15. The molecule has 0 spiro atoms. The van der Waals surface area contributed by atoms with E-state index >= 15 is 0 Å². The highest BCUT2D eigenvalue weighted by Gasteiger charge is 2.28. The van der Waals surface area contributed by atoms with E-state index in [4.69, 9.17) is 16.1 Å². The largest absolute Gasteiger partial charge is 0.506 e. The molecule has 0 bridgehead atoms. The topological polar surface area (TPSA) is 59.2 Å². The molecule has 0 atom stereocenters. The Morgan fingerprint density at radius 3 is 2.88 bits per heavy atom. The molecule has 2 aromatic rings. The average Bonchev–Trinajstić information content (AvgIpc) is 3.01. The number of nitrogens with zero attached hydrogens (tertiary/aromatic N) is 2. The van der Waals surface area contributed by atoms with E-state index in [9.17, 15) is 5.11 Å². The summed E-state index contributed by atoms with van der Waals surface area (Å²) in [5, 5.41) is 13.5. The monoisotopic (exact) mass is 236 g/mol. The highest BCUT2D eigenvalue weighted by Crippen LogP contribution is 2.39. The molecular weight excluding hydrogens is 228 g/mol. The number of benzene rings is 1. The lowest BCUT2D eigenvalue weighted by Gasteiger charge is -1.97. The second-order valence-electron chi connectivity index (χ2n) is 3.90. The van der Waals surface area contributed by atoms with Crippen LogP contribution in [0.4, 0.5) is 0 Å². The number of phenolic OH excluding ortho intramolecular Hbond substituents is 1. The van der Waals surface area contributed by atoms with Crippen LogP contribution in [-0.4, -0.2) is 15.2 Å². The summed E-state index contributed by atoms with van der Waals surface area (Å²) in [5.74, 6) is 1.72. The Kier molecular flexibility index (Phi) is 2.11. The van der Waals surface area contributed by atoms with E-state index in [1.54, 1.807) is 12.1 Å². The molecule has 1 aliphatic carbocycles. The Morgan fingerprint density at radius 1 is 1.38 bits per heavy atom.